The summed E-state index contributed by atoms with van der Waals surface area (Å²) in [4.78, 5) is 86.3. The Bertz CT molecular complexity index is 1770. The Hall–Kier alpha value is -4.50. The molecule has 5 rings (SSSR count). The first kappa shape index (κ1) is 57.1. The SMILES string of the molecule is CN(CC(=O)NC(C(=O)N1CC(NC(=O)COCCOCCOCCOCCN2CCN(C/C=C/C=O)CC2)CC1C(=O)N[C@@H]1CCCc2ccccc21)C1CCCCC1)C(=O)OC(C)(C)C.CO. The fourth-order valence-electron chi connectivity index (χ4n) is 9.22. The average molecular weight is 972 g/mol. The molecule has 4 aliphatic rings. The number of aldehydes is 1. The van der Waals surface area contributed by atoms with E-state index >= 15 is 0 Å². The summed E-state index contributed by atoms with van der Waals surface area (Å²) < 4.78 is 28.0. The van der Waals surface area contributed by atoms with Gasteiger partial charge in [-0.1, -0.05) is 49.6 Å². The summed E-state index contributed by atoms with van der Waals surface area (Å²) >= 11 is 0. The van der Waals surface area contributed by atoms with E-state index in [0.29, 0.717) is 33.0 Å². The summed E-state index contributed by atoms with van der Waals surface area (Å²) in [5.74, 6) is -1.73. The first-order chi connectivity index (χ1) is 33.3. The zero-order valence-electron chi connectivity index (χ0n) is 41.8. The van der Waals surface area contributed by atoms with Crippen molar-refractivity contribution in [2.24, 2.45) is 5.92 Å². The van der Waals surface area contributed by atoms with Gasteiger partial charge in [-0.3, -0.25) is 33.8 Å². The third-order valence-corrected chi connectivity index (χ3v) is 12.7. The molecule has 0 aromatic heterocycles. The van der Waals surface area contributed by atoms with Crippen LogP contribution in [0.5, 0.6) is 0 Å². The third-order valence-electron chi connectivity index (χ3n) is 12.7. The van der Waals surface area contributed by atoms with E-state index in [1.807, 2.05) is 24.3 Å². The van der Waals surface area contributed by atoms with Gasteiger partial charge in [-0.05, 0) is 82.4 Å². The van der Waals surface area contributed by atoms with E-state index in [-0.39, 0.29) is 69.0 Å². The number of amides is 5. The van der Waals surface area contributed by atoms with Crippen LogP contribution in [0.25, 0.3) is 0 Å². The van der Waals surface area contributed by atoms with Gasteiger partial charge < -0.3 is 54.5 Å². The van der Waals surface area contributed by atoms with Crippen LogP contribution in [0.1, 0.15) is 89.3 Å². The van der Waals surface area contributed by atoms with Crippen molar-refractivity contribution in [2.75, 3.05) is 119 Å². The van der Waals surface area contributed by atoms with E-state index in [0.717, 1.165) is 110 Å². The van der Waals surface area contributed by atoms with E-state index in [9.17, 15) is 28.8 Å². The number of allylic oxidation sites excluding steroid dienone is 1. The molecular weight excluding hydrogens is 891 g/mol. The Balaban J connectivity index is 0.00000511. The maximum atomic E-state index is 14.8. The fourth-order valence-corrected chi connectivity index (χ4v) is 9.22. The molecule has 1 saturated carbocycles. The summed E-state index contributed by atoms with van der Waals surface area (Å²) in [7, 11) is 2.47. The number of nitrogens with one attached hydrogen (secondary N) is 3. The molecule has 69 heavy (non-hydrogen) atoms. The summed E-state index contributed by atoms with van der Waals surface area (Å²) in [6.07, 6.45) is 10.7. The van der Waals surface area contributed by atoms with Crippen LogP contribution in [-0.2, 0) is 54.1 Å². The van der Waals surface area contributed by atoms with E-state index in [1.54, 1.807) is 26.8 Å². The van der Waals surface area contributed by atoms with Crippen molar-refractivity contribution in [3.8, 4) is 0 Å². The number of likely N-dealkylation sites (tertiary alicyclic amines) is 1. The monoisotopic (exact) mass is 972 g/mol. The number of hydrogen-bond donors (Lipinski definition) is 4. The number of carbonyl (C=O) groups is 6. The molecular formula is C50H81N7O12. The second kappa shape index (κ2) is 31.0. The van der Waals surface area contributed by atoms with Crippen LogP contribution in [0.15, 0.2) is 36.4 Å². The summed E-state index contributed by atoms with van der Waals surface area (Å²) in [6.45, 7) is 13.2. The molecule has 0 radical (unpaired) electrons. The molecule has 5 amide bonds. The normalized spacial score (nSPS) is 20.6. The van der Waals surface area contributed by atoms with Crippen molar-refractivity contribution in [1.29, 1.82) is 0 Å². The van der Waals surface area contributed by atoms with Crippen LogP contribution in [0.4, 0.5) is 4.79 Å². The number of piperazine rings is 1. The zero-order valence-corrected chi connectivity index (χ0v) is 41.8. The maximum Gasteiger partial charge on any atom is 0.410 e. The lowest BCUT2D eigenvalue weighted by atomic mass is 9.83. The predicted molar refractivity (Wildman–Crippen MR) is 259 cm³/mol. The number of aryl methyl sites for hydroxylation is 1. The lowest BCUT2D eigenvalue weighted by molar-refractivity contribution is -0.143. The van der Waals surface area contributed by atoms with Crippen molar-refractivity contribution < 1.29 is 57.6 Å². The van der Waals surface area contributed by atoms with Crippen molar-refractivity contribution in [3.63, 3.8) is 0 Å². The Morgan fingerprint density at radius 2 is 1.45 bits per heavy atom. The number of ether oxygens (including phenoxy) is 5. The van der Waals surface area contributed by atoms with E-state index in [1.165, 1.54) is 22.4 Å². The highest BCUT2D eigenvalue weighted by Crippen LogP contribution is 2.32. The highest BCUT2D eigenvalue weighted by Gasteiger charge is 2.45. The lowest BCUT2D eigenvalue weighted by Gasteiger charge is -2.35. The number of aliphatic hydroxyl groups excluding tert-OH is 1. The Kier molecular flexibility index (Phi) is 25.6. The van der Waals surface area contributed by atoms with Crippen molar-refractivity contribution in [3.05, 3.63) is 47.5 Å². The van der Waals surface area contributed by atoms with Crippen LogP contribution in [-0.4, -0.2) is 204 Å². The van der Waals surface area contributed by atoms with Crippen molar-refractivity contribution in [2.45, 2.75) is 108 Å². The number of likely N-dealkylation sites (N-methyl/N-ethyl adjacent to an activating group) is 1. The van der Waals surface area contributed by atoms with Crippen molar-refractivity contribution >= 4 is 36.0 Å². The summed E-state index contributed by atoms with van der Waals surface area (Å²) in [5.41, 5.74) is 1.51. The minimum atomic E-state index is -0.921. The number of benzene rings is 1. The summed E-state index contributed by atoms with van der Waals surface area (Å²) in [6, 6.07) is 5.51. The van der Waals surface area contributed by atoms with Crippen LogP contribution >= 0.6 is 0 Å². The van der Waals surface area contributed by atoms with Crippen molar-refractivity contribution in [1.82, 2.24) is 35.6 Å². The first-order valence-corrected chi connectivity index (χ1v) is 24.8. The van der Waals surface area contributed by atoms with Gasteiger partial charge in [0.25, 0.3) is 0 Å². The Labute approximate surface area is 409 Å². The standard InChI is InChI=1S/C49H77N7O11.CH4O/c1-49(2,3)67-48(62)53(4)35-43(58)52-45(38-14-6-5-7-15-38)47(61)56-34-39(33-42(56)46(60)51-41-18-12-16-37-13-8-9-17-40(37)41)50-44(59)36-66-32-31-65-30-29-64-28-27-63-26-24-55-22-20-54(21-23-55)19-10-11-25-57;1-2/h8-11,13,17,25,38-39,41-42,45H,5-7,12,14-16,18-24,26-36H2,1-4H3,(H,50,59)(H,51,60)(H,52,58);2H,1H3/b11-10+;/t39?,41-,42?,45?;/m1./s1. The van der Waals surface area contributed by atoms with Gasteiger partial charge in [0.1, 0.15) is 37.1 Å². The molecule has 3 unspecified atom stereocenters. The van der Waals surface area contributed by atoms with Gasteiger partial charge in [-0.25, -0.2) is 4.79 Å². The Morgan fingerprint density at radius 1 is 0.812 bits per heavy atom. The van der Waals surface area contributed by atoms with E-state index in [4.69, 9.17) is 28.8 Å². The quantitative estimate of drug-likeness (QED) is 0.0629. The fraction of sp³-hybridized carbons (Fsp3) is 0.720. The highest BCUT2D eigenvalue weighted by molar-refractivity contribution is 5.94. The molecule has 3 fully saturated rings. The van der Waals surface area contributed by atoms with E-state index < -0.39 is 35.7 Å². The molecule has 0 bridgehead atoms. The molecule has 1 aromatic carbocycles. The average Bonchev–Trinajstić information content (AvgIpc) is 3.76. The molecule has 2 saturated heterocycles. The molecule has 19 nitrogen and oxygen atoms in total. The third kappa shape index (κ3) is 20.4. The highest BCUT2D eigenvalue weighted by atomic mass is 16.6. The number of nitrogens with zero attached hydrogens (tertiary/aromatic N) is 4. The molecule has 388 valence electrons. The van der Waals surface area contributed by atoms with E-state index in [2.05, 4.69) is 31.8 Å². The number of rotatable bonds is 25. The molecule has 2 aliphatic heterocycles. The second-order valence-corrected chi connectivity index (χ2v) is 19.0. The topological polar surface area (TPSA) is 218 Å². The van der Waals surface area contributed by atoms with Gasteiger partial charge in [0.2, 0.25) is 23.6 Å². The van der Waals surface area contributed by atoms with Crippen LogP contribution < -0.4 is 16.0 Å². The second-order valence-electron chi connectivity index (χ2n) is 19.0. The molecule has 1 aromatic rings. The molecule has 19 heteroatoms. The van der Waals surface area contributed by atoms with Gasteiger partial charge in [-0.2, -0.15) is 0 Å². The lowest BCUT2D eigenvalue weighted by Crippen LogP contribution is -2.57. The van der Waals surface area contributed by atoms with Crippen LogP contribution in [0.2, 0.25) is 0 Å². The van der Waals surface area contributed by atoms with Gasteiger partial charge in [-0.15, -0.1) is 0 Å². The van der Waals surface area contributed by atoms with Crippen LogP contribution in [0, 0.1) is 5.92 Å². The number of fused-ring (bicyclic) bond motifs is 1. The molecule has 0 spiro atoms. The molecule has 2 heterocycles. The van der Waals surface area contributed by atoms with Crippen LogP contribution in [0.3, 0.4) is 0 Å². The minimum absolute atomic E-state index is 0.0788. The Morgan fingerprint density at radius 3 is 2.12 bits per heavy atom. The van der Waals surface area contributed by atoms with Gasteiger partial charge in [0, 0.05) is 66.0 Å². The zero-order chi connectivity index (χ0) is 50.0. The smallest absolute Gasteiger partial charge is 0.410 e. The first-order valence-electron chi connectivity index (χ1n) is 24.8. The predicted octanol–water partition coefficient (Wildman–Crippen LogP) is 2.25. The number of aliphatic hydroxyl groups is 1. The molecule has 4 N–H and O–H groups in total. The maximum absolute atomic E-state index is 14.8. The van der Waals surface area contributed by atoms with Gasteiger partial charge in [0.15, 0.2) is 0 Å². The largest absolute Gasteiger partial charge is 0.444 e. The van der Waals surface area contributed by atoms with Gasteiger partial charge in [0.05, 0.1) is 52.3 Å². The molecule has 2 aliphatic carbocycles. The molecule has 4 atom stereocenters. The number of hydrogen-bond acceptors (Lipinski definition) is 14. The number of carbonyl (C=O) groups excluding carboxylic acids is 6. The van der Waals surface area contributed by atoms with Gasteiger partial charge >= 0.3 is 6.09 Å². The summed E-state index contributed by atoms with van der Waals surface area (Å²) in [5, 5.41) is 16.2. The minimum Gasteiger partial charge on any atom is -0.444 e.